The maximum absolute atomic E-state index is 11.2. The minimum atomic E-state index is -1.18. The minimum Gasteiger partial charge on any atom is -0.507 e. The lowest BCUT2D eigenvalue weighted by molar-refractivity contribution is -0.139. The Kier molecular flexibility index (Phi) is 5.54. The maximum Gasteiger partial charge on any atom is 0.341 e. The number of aliphatic carboxylic acids is 1. The largest absolute Gasteiger partial charge is 0.507 e. The number of phenols is 1. The first-order valence-electron chi connectivity index (χ1n) is 7.92. The number of carbonyl (C=O) groups is 2. The van der Waals surface area contributed by atoms with Crippen molar-refractivity contribution in [1.82, 2.24) is 0 Å². The van der Waals surface area contributed by atoms with Gasteiger partial charge in [0, 0.05) is 22.4 Å². The van der Waals surface area contributed by atoms with Crippen LogP contribution in [0.2, 0.25) is 10.0 Å². The maximum atomic E-state index is 11.2. The highest BCUT2D eigenvalue weighted by atomic mass is 35.5. The van der Waals surface area contributed by atoms with Crippen LogP contribution in [-0.2, 0) is 11.2 Å². The summed E-state index contributed by atoms with van der Waals surface area (Å²) in [6, 6.07) is 12.3. The molecule has 3 aromatic carbocycles. The molecule has 0 atom stereocenters. The molecule has 3 rings (SSSR count). The van der Waals surface area contributed by atoms with E-state index in [0.717, 1.165) is 16.3 Å². The number of aromatic hydroxyl groups is 1. The van der Waals surface area contributed by atoms with Crippen LogP contribution in [0.5, 0.6) is 11.5 Å². The van der Waals surface area contributed by atoms with E-state index >= 15 is 0 Å². The van der Waals surface area contributed by atoms with Gasteiger partial charge in [-0.2, -0.15) is 0 Å². The first-order chi connectivity index (χ1) is 12.9. The van der Waals surface area contributed by atoms with Crippen molar-refractivity contribution in [3.63, 3.8) is 0 Å². The monoisotopic (exact) mass is 404 g/mol. The number of hydrogen-bond donors (Lipinski definition) is 2. The number of phenolic OH excluding ortho intramolecular Hbond substituents is 1. The van der Waals surface area contributed by atoms with E-state index in [1.807, 2.05) is 30.3 Å². The van der Waals surface area contributed by atoms with E-state index < -0.39 is 12.6 Å². The molecule has 0 aromatic heterocycles. The molecule has 0 spiro atoms. The molecular formula is C20H14Cl2O5. The molecule has 0 heterocycles. The Labute approximate surface area is 164 Å². The van der Waals surface area contributed by atoms with E-state index in [0.29, 0.717) is 11.3 Å². The Balaban J connectivity index is 2.08. The number of fused-ring (bicyclic) bond motifs is 1. The molecule has 5 nitrogen and oxygen atoms in total. The predicted molar refractivity (Wildman–Crippen MR) is 103 cm³/mol. The first kappa shape index (κ1) is 19.0. The Bertz CT molecular complexity index is 1050. The van der Waals surface area contributed by atoms with Crippen molar-refractivity contribution in [2.24, 2.45) is 0 Å². The summed E-state index contributed by atoms with van der Waals surface area (Å²) in [6.07, 6.45) is 0.663. The second-order valence-corrected chi connectivity index (χ2v) is 6.69. The number of aldehydes is 1. The summed E-state index contributed by atoms with van der Waals surface area (Å²) in [5.41, 5.74) is 1.05. The zero-order chi connectivity index (χ0) is 19.6. The van der Waals surface area contributed by atoms with Crippen molar-refractivity contribution in [2.75, 3.05) is 6.61 Å². The van der Waals surface area contributed by atoms with Crippen LogP contribution in [0.1, 0.15) is 21.5 Å². The number of rotatable bonds is 6. The van der Waals surface area contributed by atoms with Gasteiger partial charge in [0.2, 0.25) is 0 Å². The summed E-state index contributed by atoms with van der Waals surface area (Å²) in [5.74, 6) is -1.44. The van der Waals surface area contributed by atoms with Crippen LogP contribution in [-0.4, -0.2) is 29.1 Å². The Morgan fingerprint density at radius 3 is 2.59 bits per heavy atom. The van der Waals surface area contributed by atoms with Crippen LogP contribution in [0.25, 0.3) is 10.8 Å². The van der Waals surface area contributed by atoms with E-state index in [2.05, 4.69) is 0 Å². The van der Waals surface area contributed by atoms with Crippen LogP contribution < -0.4 is 4.74 Å². The molecule has 3 aromatic rings. The molecule has 0 amide bonds. The van der Waals surface area contributed by atoms with E-state index in [-0.39, 0.29) is 34.1 Å². The quantitative estimate of drug-likeness (QED) is 0.580. The Hall–Kier alpha value is -2.76. The van der Waals surface area contributed by atoms with E-state index in [1.54, 1.807) is 6.07 Å². The third-order valence-corrected chi connectivity index (χ3v) is 4.68. The summed E-state index contributed by atoms with van der Waals surface area (Å²) in [6.45, 7) is -0.625. The summed E-state index contributed by atoms with van der Waals surface area (Å²) >= 11 is 12.3. The van der Waals surface area contributed by atoms with E-state index in [4.69, 9.17) is 33.0 Å². The zero-order valence-electron chi connectivity index (χ0n) is 13.9. The van der Waals surface area contributed by atoms with Crippen molar-refractivity contribution in [3.8, 4) is 11.5 Å². The third kappa shape index (κ3) is 3.99. The normalized spacial score (nSPS) is 10.7. The molecule has 0 unspecified atom stereocenters. The Morgan fingerprint density at radius 1 is 1.11 bits per heavy atom. The van der Waals surface area contributed by atoms with Crippen LogP contribution >= 0.6 is 23.2 Å². The van der Waals surface area contributed by atoms with Gasteiger partial charge in [-0.1, -0.05) is 53.5 Å². The molecule has 7 heteroatoms. The lowest BCUT2D eigenvalue weighted by Gasteiger charge is -2.15. The van der Waals surface area contributed by atoms with Gasteiger partial charge in [-0.05, 0) is 23.1 Å². The molecule has 27 heavy (non-hydrogen) atoms. The van der Waals surface area contributed by atoms with Gasteiger partial charge in [0.1, 0.15) is 11.5 Å². The first-order valence-corrected chi connectivity index (χ1v) is 8.67. The molecular weight excluding hydrogens is 391 g/mol. The molecule has 0 bridgehead atoms. The highest BCUT2D eigenvalue weighted by Crippen LogP contribution is 2.39. The van der Waals surface area contributed by atoms with Gasteiger partial charge >= 0.3 is 5.97 Å². The fourth-order valence-corrected chi connectivity index (χ4v) is 3.38. The van der Waals surface area contributed by atoms with Crippen molar-refractivity contribution < 1.29 is 24.5 Å². The van der Waals surface area contributed by atoms with Gasteiger partial charge in [-0.15, -0.1) is 0 Å². The van der Waals surface area contributed by atoms with Crippen molar-refractivity contribution in [1.29, 1.82) is 0 Å². The highest BCUT2D eigenvalue weighted by Gasteiger charge is 2.19. The molecule has 0 saturated carbocycles. The minimum absolute atomic E-state index is 0.00140. The second-order valence-electron chi connectivity index (χ2n) is 5.88. The molecule has 2 N–H and O–H groups in total. The van der Waals surface area contributed by atoms with Crippen LogP contribution in [0.3, 0.4) is 0 Å². The predicted octanol–water partition coefficient (Wildman–Crippen LogP) is 4.72. The number of carboxylic acids is 1. The Morgan fingerprint density at radius 2 is 1.89 bits per heavy atom. The number of halogens is 2. The van der Waals surface area contributed by atoms with Crippen LogP contribution in [0, 0.1) is 0 Å². The summed E-state index contributed by atoms with van der Waals surface area (Å²) in [7, 11) is 0. The number of hydrogen-bond acceptors (Lipinski definition) is 4. The van der Waals surface area contributed by atoms with Crippen LogP contribution in [0.4, 0.5) is 0 Å². The second kappa shape index (κ2) is 7.86. The summed E-state index contributed by atoms with van der Waals surface area (Å²) in [5, 5.41) is 21.8. The fraction of sp³-hybridized carbons (Fsp3) is 0.100. The standard InChI is InChI=1S/C20H14Cl2O5/c21-16-3-1-2-12-6-11(4-5-14(12)16)7-15-19(26)13(9-23)8-17(22)20(15)27-10-18(24)25/h1-6,8-9,26H,7,10H2,(H,24,25). The van der Waals surface area contributed by atoms with Gasteiger partial charge in [-0.25, -0.2) is 4.79 Å². The summed E-state index contributed by atoms with van der Waals surface area (Å²) < 4.78 is 5.26. The van der Waals surface area contributed by atoms with Crippen molar-refractivity contribution in [2.45, 2.75) is 6.42 Å². The molecule has 0 fully saturated rings. The smallest absolute Gasteiger partial charge is 0.341 e. The van der Waals surface area contributed by atoms with Gasteiger partial charge in [0.05, 0.1) is 10.6 Å². The van der Waals surface area contributed by atoms with Gasteiger partial charge in [-0.3, -0.25) is 4.79 Å². The number of ether oxygens (including phenoxy) is 1. The summed E-state index contributed by atoms with van der Waals surface area (Å²) in [4.78, 5) is 22.0. The topological polar surface area (TPSA) is 83.8 Å². The SMILES string of the molecule is O=Cc1cc(Cl)c(OCC(=O)O)c(Cc2ccc3c(Cl)cccc3c2)c1O. The number of benzene rings is 3. The molecule has 0 aliphatic carbocycles. The van der Waals surface area contributed by atoms with E-state index in [1.165, 1.54) is 6.07 Å². The van der Waals surface area contributed by atoms with Crippen LogP contribution in [0.15, 0.2) is 42.5 Å². The van der Waals surface area contributed by atoms with Crippen molar-refractivity contribution in [3.05, 3.63) is 69.2 Å². The van der Waals surface area contributed by atoms with Gasteiger partial charge in [0.25, 0.3) is 0 Å². The van der Waals surface area contributed by atoms with Crippen molar-refractivity contribution >= 4 is 46.2 Å². The number of carboxylic acid groups (broad SMARTS) is 1. The highest BCUT2D eigenvalue weighted by molar-refractivity contribution is 6.35. The molecule has 0 aliphatic rings. The lowest BCUT2D eigenvalue weighted by Crippen LogP contribution is -2.11. The lowest BCUT2D eigenvalue weighted by atomic mass is 9.98. The third-order valence-electron chi connectivity index (χ3n) is 4.07. The van der Waals surface area contributed by atoms with Gasteiger partial charge < -0.3 is 14.9 Å². The van der Waals surface area contributed by atoms with Gasteiger partial charge in [0.15, 0.2) is 12.9 Å². The molecule has 0 saturated heterocycles. The zero-order valence-corrected chi connectivity index (χ0v) is 15.4. The molecule has 0 radical (unpaired) electrons. The molecule has 138 valence electrons. The average Bonchev–Trinajstić information content (AvgIpc) is 2.64. The number of carbonyl (C=O) groups excluding carboxylic acids is 1. The fourth-order valence-electron chi connectivity index (χ4n) is 2.85. The average molecular weight is 405 g/mol. The molecule has 0 aliphatic heterocycles. The van der Waals surface area contributed by atoms with E-state index in [9.17, 15) is 14.7 Å².